The third-order valence-electron chi connectivity index (χ3n) is 4.56. The molecule has 1 atom stereocenters. The molecule has 0 aliphatic carbocycles. The first-order valence-corrected chi connectivity index (χ1v) is 9.74. The minimum Gasteiger partial charge on any atom is -0.481 e. The normalized spacial score (nSPS) is 14.8. The molecule has 3 rings (SSSR count). The molecule has 0 aromatic heterocycles. The second-order valence-electron chi connectivity index (χ2n) is 6.64. The lowest BCUT2D eigenvalue weighted by atomic mass is 10.2. The van der Waals surface area contributed by atoms with Gasteiger partial charge in [0.05, 0.1) is 25.4 Å². The van der Waals surface area contributed by atoms with Crippen LogP contribution in [0.15, 0.2) is 48.5 Å². The van der Waals surface area contributed by atoms with Crippen LogP contribution in [0.1, 0.15) is 24.2 Å². The molecular weight excluding hydrogens is 372 g/mol. The predicted octanol–water partition coefficient (Wildman–Crippen LogP) is 3.11. The van der Waals surface area contributed by atoms with Gasteiger partial charge in [0.1, 0.15) is 5.75 Å². The average Bonchev–Trinajstić information content (AvgIpc) is 2.75. The molecule has 2 aromatic carbocycles. The summed E-state index contributed by atoms with van der Waals surface area (Å²) in [4.78, 5) is 26.4. The molecule has 2 aromatic rings. The van der Waals surface area contributed by atoms with Gasteiger partial charge in [0.2, 0.25) is 0 Å². The van der Waals surface area contributed by atoms with E-state index in [0.717, 1.165) is 32.0 Å². The molecule has 1 fully saturated rings. The van der Waals surface area contributed by atoms with Crippen molar-refractivity contribution in [3.05, 3.63) is 54.1 Å². The van der Waals surface area contributed by atoms with Crippen LogP contribution in [0.2, 0.25) is 0 Å². The Bertz CT molecular complexity index is 814. The molecule has 0 saturated carbocycles. The van der Waals surface area contributed by atoms with E-state index >= 15 is 0 Å². The smallest absolute Gasteiger partial charge is 0.338 e. The van der Waals surface area contributed by atoms with Gasteiger partial charge in [-0.25, -0.2) is 4.79 Å². The quantitative estimate of drug-likeness (QED) is 0.722. The highest BCUT2D eigenvalue weighted by atomic mass is 16.5. The van der Waals surface area contributed by atoms with E-state index in [1.54, 1.807) is 38.1 Å². The van der Waals surface area contributed by atoms with E-state index in [1.165, 1.54) is 0 Å². The van der Waals surface area contributed by atoms with Crippen LogP contribution in [0, 0.1) is 0 Å². The number of benzene rings is 2. The van der Waals surface area contributed by atoms with Crippen LogP contribution in [-0.2, 0) is 14.3 Å². The molecule has 154 valence electrons. The predicted molar refractivity (Wildman–Crippen MR) is 111 cm³/mol. The number of rotatable bonds is 7. The van der Waals surface area contributed by atoms with Crippen LogP contribution >= 0.6 is 0 Å². The summed E-state index contributed by atoms with van der Waals surface area (Å²) in [5.41, 5.74) is 2.26. The van der Waals surface area contributed by atoms with Crippen molar-refractivity contribution in [2.24, 2.45) is 0 Å². The number of hydrogen-bond donors (Lipinski definition) is 1. The molecular formula is C22H26N2O5. The number of morpholine rings is 1. The van der Waals surface area contributed by atoms with E-state index in [4.69, 9.17) is 14.2 Å². The third-order valence-corrected chi connectivity index (χ3v) is 4.56. The van der Waals surface area contributed by atoms with Crippen molar-refractivity contribution < 1.29 is 23.8 Å². The summed E-state index contributed by atoms with van der Waals surface area (Å²) in [6, 6.07) is 14.2. The largest absolute Gasteiger partial charge is 0.481 e. The lowest BCUT2D eigenvalue weighted by molar-refractivity contribution is -0.122. The van der Waals surface area contributed by atoms with Gasteiger partial charge in [-0.05, 0) is 62.4 Å². The highest BCUT2D eigenvalue weighted by molar-refractivity contribution is 5.94. The summed E-state index contributed by atoms with van der Waals surface area (Å²) in [6.07, 6.45) is -0.692. The van der Waals surface area contributed by atoms with Gasteiger partial charge in [-0.15, -0.1) is 0 Å². The van der Waals surface area contributed by atoms with Crippen molar-refractivity contribution in [1.82, 2.24) is 0 Å². The van der Waals surface area contributed by atoms with Crippen LogP contribution in [0.5, 0.6) is 5.75 Å². The molecule has 1 saturated heterocycles. The standard InChI is InChI=1S/C22H26N2O5/c1-3-28-22(26)17-4-10-20(11-5-17)29-16(2)21(25)23-18-6-8-19(9-7-18)24-12-14-27-15-13-24/h4-11,16H,3,12-15H2,1-2H3,(H,23,25)/t16-/m1/s1. The second-order valence-corrected chi connectivity index (χ2v) is 6.64. The second kappa shape index (κ2) is 9.93. The summed E-state index contributed by atoms with van der Waals surface area (Å²) < 4.78 is 16.0. The molecule has 0 bridgehead atoms. The van der Waals surface area contributed by atoms with Crippen LogP contribution in [0.4, 0.5) is 11.4 Å². The number of nitrogens with one attached hydrogen (secondary N) is 1. The van der Waals surface area contributed by atoms with Gasteiger partial charge in [-0.1, -0.05) is 0 Å². The van der Waals surface area contributed by atoms with Crippen LogP contribution in [-0.4, -0.2) is 50.9 Å². The molecule has 1 aliphatic rings. The zero-order chi connectivity index (χ0) is 20.6. The van der Waals surface area contributed by atoms with E-state index < -0.39 is 6.10 Å². The Hall–Kier alpha value is -3.06. The highest BCUT2D eigenvalue weighted by Gasteiger charge is 2.16. The van der Waals surface area contributed by atoms with Gasteiger partial charge in [0, 0.05) is 24.5 Å². The van der Waals surface area contributed by atoms with Crippen LogP contribution < -0.4 is 15.0 Å². The van der Waals surface area contributed by atoms with E-state index in [2.05, 4.69) is 10.2 Å². The van der Waals surface area contributed by atoms with E-state index in [1.807, 2.05) is 24.3 Å². The maximum absolute atomic E-state index is 12.4. The van der Waals surface area contributed by atoms with Crippen molar-refractivity contribution in [2.45, 2.75) is 20.0 Å². The summed E-state index contributed by atoms with van der Waals surface area (Å²) >= 11 is 0. The average molecular weight is 398 g/mol. The van der Waals surface area contributed by atoms with E-state index in [9.17, 15) is 9.59 Å². The molecule has 0 unspecified atom stereocenters. The lowest BCUT2D eigenvalue weighted by Crippen LogP contribution is -2.36. The first-order valence-electron chi connectivity index (χ1n) is 9.74. The maximum Gasteiger partial charge on any atom is 0.338 e. The zero-order valence-electron chi connectivity index (χ0n) is 16.7. The minimum absolute atomic E-state index is 0.251. The summed E-state index contributed by atoms with van der Waals surface area (Å²) in [6.45, 7) is 6.95. The Morgan fingerprint density at radius 2 is 1.72 bits per heavy atom. The highest BCUT2D eigenvalue weighted by Crippen LogP contribution is 2.20. The number of ether oxygens (including phenoxy) is 3. The fourth-order valence-corrected chi connectivity index (χ4v) is 2.96. The first kappa shape index (κ1) is 20.7. The van der Waals surface area contributed by atoms with Crippen molar-refractivity contribution in [3.8, 4) is 5.75 Å². The fourth-order valence-electron chi connectivity index (χ4n) is 2.96. The van der Waals surface area contributed by atoms with E-state index in [-0.39, 0.29) is 11.9 Å². The monoisotopic (exact) mass is 398 g/mol. The molecule has 7 nitrogen and oxygen atoms in total. The SMILES string of the molecule is CCOC(=O)c1ccc(O[C@H](C)C(=O)Nc2ccc(N3CCOCC3)cc2)cc1. The van der Waals surface area contributed by atoms with Crippen molar-refractivity contribution in [1.29, 1.82) is 0 Å². The number of carbonyl (C=O) groups excluding carboxylic acids is 2. The molecule has 7 heteroatoms. The number of anilines is 2. The fraction of sp³-hybridized carbons (Fsp3) is 0.364. The molecule has 0 radical (unpaired) electrons. The Morgan fingerprint density at radius 3 is 2.34 bits per heavy atom. The zero-order valence-corrected chi connectivity index (χ0v) is 16.7. The summed E-state index contributed by atoms with van der Waals surface area (Å²) in [5, 5.41) is 2.86. The summed E-state index contributed by atoms with van der Waals surface area (Å²) in [5.74, 6) is -0.132. The van der Waals surface area contributed by atoms with Gasteiger partial charge in [0.15, 0.2) is 6.10 Å². The van der Waals surface area contributed by atoms with Gasteiger partial charge in [-0.2, -0.15) is 0 Å². The maximum atomic E-state index is 12.4. The van der Waals surface area contributed by atoms with Crippen LogP contribution in [0.25, 0.3) is 0 Å². The topological polar surface area (TPSA) is 77.1 Å². The minimum atomic E-state index is -0.692. The molecule has 0 spiro atoms. The Morgan fingerprint density at radius 1 is 1.07 bits per heavy atom. The van der Waals surface area contributed by atoms with E-state index in [0.29, 0.717) is 23.6 Å². The van der Waals surface area contributed by atoms with Gasteiger partial charge >= 0.3 is 5.97 Å². The Balaban J connectivity index is 1.53. The van der Waals surface area contributed by atoms with Crippen molar-refractivity contribution in [2.75, 3.05) is 43.1 Å². The Kier molecular flexibility index (Phi) is 7.08. The van der Waals surface area contributed by atoms with Crippen molar-refractivity contribution in [3.63, 3.8) is 0 Å². The third kappa shape index (κ3) is 5.71. The number of carbonyl (C=O) groups is 2. The molecule has 1 N–H and O–H groups in total. The molecule has 29 heavy (non-hydrogen) atoms. The number of amides is 1. The molecule has 1 aliphatic heterocycles. The molecule has 1 heterocycles. The number of esters is 1. The molecule has 1 amide bonds. The van der Waals surface area contributed by atoms with Crippen molar-refractivity contribution >= 4 is 23.3 Å². The van der Waals surface area contributed by atoms with Crippen LogP contribution in [0.3, 0.4) is 0 Å². The number of nitrogens with zero attached hydrogens (tertiary/aromatic N) is 1. The first-order chi connectivity index (χ1) is 14.1. The number of hydrogen-bond acceptors (Lipinski definition) is 6. The van der Waals surface area contributed by atoms with Gasteiger partial charge in [0.25, 0.3) is 5.91 Å². The summed E-state index contributed by atoms with van der Waals surface area (Å²) in [7, 11) is 0. The Labute approximate surface area is 170 Å². The van der Waals surface area contributed by atoms with Gasteiger partial charge < -0.3 is 24.4 Å². The lowest BCUT2D eigenvalue weighted by Gasteiger charge is -2.29. The van der Waals surface area contributed by atoms with Gasteiger partial charge in [-0.3, -0.25) is 4.79 Å².